The SMILES string of the molecule is COC(=O)C=Cc1ccc2c(ccn2C(=O)O)c1. The first-order valence-electron chi connectivity index (χ1n) is 5.22. The second-order valence-electron chi connectivity index (χ2n) is 3.64. The number of ether oxygens (including phenoxy) is 1. The zero-order valence-electron chi connectivity index (χ0n) is 9.66. The van der Waals surface area contributed by atoms with Gasteiger partial charge in [0.2, 0.25) is 0 Å². The van der Waals surface area contributed by atoms with E-state index in [-0.39, 0.29) is 0 Å². The van der Waals surface area contributed by atoms with E-state index >= 15 is 0 Å². The van der Waals surface area contributed by atoms with Gasteiger partial charge in [-0.25, -0.2) is 9.59 Å². The first-order valence-corrected chi connectivity index (χ1v) is 5.22. The number of carbonyl (C=O) groups is 2. The summed E-state index contributed by atoms with van der Waals surface area (Å²) in [5.74, 6) is -0.432. The minimum atomic E-state index is -1.03. The Morgan fingerprint density at radius 3 is 2.78 bits per heavy atom. The van der Waals surface area contributed by atoms with Gasteiger partial charge in [-0.2, -0.15) is 0 Å². The summed E-state index contributed by atoms with van der Waals surface area (Å²) in [7, 11) is 1.31. The van der Waals surface area contributed by atoms with Crippen LogP contribution in [0.2, 0.25) is 0 Å². The van der Waals surface area contributed by atoms with Crippen LogP contribution in [0.3, 0.4) is 0 Å². The van der Waals surface area contributed by atoms with Crippen LogP contribution in [0.5, 0.6) is 0 Å². The Balaban J connectivity index is 2.37. The minimum absolute atomic E-state index is 0.432. The maximum atomic E-state index is 11.0. The minimum Gasteiger partial charge on any atom is -0.466 e. The van der Waals surface area contributed by atoms with Gasteiger partial charge in [0.15, 0.2) is 0 Å². The molecule has 0 bridgehead atoms. The molecule has 0 amide bonds. The van der Waals surface area contributed by atoms with Crippen LogP contribution in [0.1, 0.15) is 5.56 Å². The van der Waals surface area contributed by atoms with Crippen LogP contribution in [0, 0.1) is 0 Å². The summed E-state index contributed by atoms with van der Waals surface area (Å²) in [6.07, 6.45) is 3.39. The standard InChI is InChI=1S/C13H11NO4/c1-18-12(15)5-3-9-2-4-11-10(8-9)6-7-14(11)13(16)17/h2-8H,1H3,(H,16,17). The molecule has 1 aromatic heterocycles. The van der Waals surface area contributed by atoms with Gasteiger partial charge < -0.3 is 9.84 Å². The number of carboxylic acid groups (broad SMARTS) is 1. The molecule has 1 heterocycles. The number of hydrogen-bond acceptors (Lipinski definition) is 3. The predicted octanol–water partition coefficient (Wildman–Crippen LogP) is 2.35. The molecular formula is C13H11NO4. The molecule has 5 heteroatoms. The lowest BCUT2D eigenvalue weighted by Crippen LogP contribution is -2.05. The first-order chi connectivity index (χ1) is 8.61. The summed E-state index contributed by atoms with van der Waals surface area (Å²) in [6, 6.07) is 6.94. The van der Waals surface area contributed by atoms with Crippen LogP contribution in [0.4, 0.5) is 4.79 Å². The van der Waals surface area contributed by atoms with Gasteiger partial charge >= 0.3 is 12.1 Å². The molecule has 0 atom stereocenters. The highest BCUT2D eigenvalue weighted by Gasteiger charge is 2.06. The van der Waals surface area contributed by atoms with Crippen LogP contribution >= 0.6 is 0 Å². The second kappa shape index (κ2) is 4.75. The van der Waals surface area contributed by atoms with Gasteiger partial charge in [-0.15, -0.1) is 0 Å². The van der Waals surface area contributed by atoms with Crippen LogP contribution in [-0.2, 0) is 9.53 Å². The van der Waals surface area contributed by atoms with Crippen molar-refractivity contribution in [2.24, 2.45) is 0 Å². The molecule has 0 fully saturated rings. The zero-order valence-corrected chi connectivity index (χ0v) is 9.66. The van der Waals surface area contributed by atoms with E-state index in [1.54, 1.807) is 30.3 Å². The third-order valence-corrected chi connectivity index (χ3v) is 2.53. The van der Waals surface area contributed by atoms with E-state index in [1.807, 2.05) is 0 Å². The van der Waals surface area contributed by atoms with Gasteiger partial charge in [-0.05, 0) is 29.8 Å². The number of hydrogen-bond donors (Lipinski definition) is 1. The van der Waals surface area contributed by atoms with Gasteiger partial charge in [0.05, 0.1) is 12.6 Å². The van der Waals surface area contributed by atoms with Gasteiger partial charge in [-0.1, -0.05) is 6.07 Å². The summed E-state index contributed by atoms with van der Waals surface area (Å²) < 4.78 is 5.63. The smallest absolute Gasteiger partial charge is 0.415 e. The van der Waals surface area contributed by atoms with Crippen LogP contribution in [0.25, 0.3) is 17.0 Å². The van der Waals surface area contributed by atoms with Gasteiger partial charge in [0.1, 0.15) is 0 Å². The van der Waals surface area contributed by atoms with Crippen molar-refractivity contribution in [2.45, 2.75) is 0 Å². The molecule has 0 aliphatic carbocycles. The number of esters is 1. The highest BCUT2D eigenvalue weighted by molar-refractivity contribution is 5.91. The van der Waals surface area contributed by atoms with Crippen LogP contribution in [-0.4, -0.2) is 28.8 Å². The number of carbonyl (C=O) groups excluding carboxylic acids is 1. The van der Waals surface area contributed by atoms with Crippen molar-refractivity contribution in [3.63, 3.8) is 0 Å². The van der Waals surface area contributed by atoms with E-state index in [2.05, 4.69) is 4.74 Å². The van der Waals surface area contributed by atoms with E-state index in [0.717, 1.165) is 15.5 Å². The van der Waals surface area contributed by atoms with Crippen LogP contribution in [0.15, 0.2) is 36.5 Å². The highest BCUT2D eigenvalue weighted by atomic mass is 16.5. The van der Waals surface area contributed by atoms with Crippen molar-refractivity contribution in [1.82, 2.24) is 4.57 Å². The Morgan fingerprint density at radius 2 is 2.11 bits per heavy atom. The molecule has 1 aromatic carbocycles. The lowest BCUT2D eigenvalue weighted by Gasteiger charge is -1.98. The molecule has 2 rings (SSSR count). The number of benzene rings is 1. The molecule has 0 unspecified atom stereocenters. The number of aromatic nitrogens is 1. The van der Waals surface area contributed by atoms with E-state index in [1.165, 1.54) is 19.4 Å². The summed E-state index contributed by atoms with van der Waals surface area (Å²) in [5.41, 5.74) is 1.41. The molecule has 18 heavy (non-hydrogen) atoms. The van der Waals surface area contributed by atoms with Crippen molar-refractivity contribution in [3.05, 3.63) is 42.1 Å². The zero-order chi connectivity index (χ0) is 13.1. The van der Waals surface area contributed by atoms with E-state index < -0.39 is 12.1 Å². The maximum absolute atomic E-state index is 11.0. The third-order valence-electron chi connectivity index (χ3n) is 2.53. The number of methoxy groups -OCH3 is 1. The average molecular weight is 245 g/mol. The highest BCUT2D eigenvalue weighted by Crippen LogP contribution is 2.18. The summed E-state index contributed by atoms with van der Waals surface area (Å²) in [6.45, 7) is 0. The number of fused-ring (bicyclic) bond motifs is 1. The monoisotopic (exact) mass is 245 g/mol. The number of nitrogens with zero attached hydrogens (tertiary/aromatic N) is 1. The van der Waals surface area contributed by atoms with Gasteiger partial charge in [0.25, 0.3) is 0 Å². The van der Waals surface area contributed by atoms with Crippen LogP contribution < -0.4 is 0 Å². The molecule has 0 spiro atoms. The molecule has 5 nitrogen and oxygen atoms in total. The van der Waals surface area contributed by atoms with Crippen molar-refractivity contribution < 1.29 is 19.4 Å². The molecule has 0 aliphatic rings. The van der Waals surface area contributed by atoms with E-state index in [9.17, 15) is 9.59 Å². The molecule has 0 radical (unpaired) electrons. The largest absolute Gasteiger partial charge is 0.466 e. The van der Waals surface area contributed by atoms with E-state index in [0.29, 0.717) is 5.52 Å². The molecule has 0 saturated heterocycles. The Hall–Kier alpha value is -2.56. The summed E-state index contributed by atoms with van der Waals surface area (Å²) in [4.78, 5) is 21.9. The van der Waals surface area contributed by atoms with E-state index in [4.69, 9.17) is 5.11 Å². The lowest BCUT2D eigenvalue weighted by molar-refractivity contribution is -0.134. The fourth-order valence-corrected chi connectivity index (χ4v) is 1.66. The molecule has 1 N–H and O–H groups in total. The van der Waals surface area contributed by atoms with Crippen molar-refractivity contribution in [1.29, 1.82) is 0 Å². The fraction of sp³-hybridized carbons (Fsp3) is 0.0769. The Kier molecular flexibility index (Phi) is 3.14. The first kappa shape index (κ1) is 11.9. The van der Waals surface area contributed by atoms with Crippen molar-refractivity contribution in [3.8, 4) is 0 Å². The normalized spacial score (nSPS) is 10.9. The summed E-state index contributed by atoms with van der Waals surface area (Å²) in [5, 5.41) is 9.73. The Labute approximate surface area is 103 Å². The lowest BCUT2D eigenvalue weighted by atomic mass is 10.1. The Morgan fingerprint density at radius 1 is 1.33 bits per heavy atom. The fourth-order valence-electron chi connectivity index (χ4n) is 1.66. The molecule has 0 saturated carbocycles. The maximum Gasteiger partial charge on any atom is 0.415 e. The van der Waals surface area contributed by atoms with Gasteiger partial charge in [-0.3, -0.25) is 4.57 Å². The quantitative estimate of drug-likeness (QED) is 0.651. The third kappa shape index (κ3) is 2.24. The molecular weight excluding hydrogens is 234 g/mol. The Bertz CT molecular complexity index is 639. The topological polar surface area (TPSA) is 68.5 Å². The van der Waals surface area contributed by atoms with Gasteiger partial charge in [0, 0.05) is 17.7 Å². The number of rotatable bonds is 2. The molecule has 0 aliphatic heterocycles. The second-order valence-corrected chi connectivity index (χ2v) is 3.64. The molecule has 2 aromatic rings. The predicted molar refractivity (Wildman–Crippen MR) is 66.4 cm³/mol. The van der Waals surface area contributed by atoms with Crippen molar-refractivity contribution >= 4 is 29.0 Å². The average Bonchev–Trinajstić information content (AvgIpc) is 2.78. The molecule has 92 valence electrons. The van der Waals surface area contributed by atoms with Crippen molar-refractivity contribution in [2.75, 3.05) is 7.11 Å². The summed E-state index contributed by atoms with van der Waals surface area (Å²) >= 11 is 0.